The third-order valence-electron chi connectivity index (χ3n) is 2.39. The summed E-state index contributed by atoms with van der Waals surface area (Å²) in [5.74, 6) is 0. The Labute approximate surface area is 111 Å². The van der Waals surface area contributed by atoms with Gasteiger partial charge in [-0.3, -0.25) is 0 Å². The number of halogens is 3. The third kappa shape index (κ3) is 3.79. The van der Waals surface area contributed by atoms with E-state index in [2.05, 4.69) is 0 Å². The lowest BCUT2D eigenvalue weighted by Gasteiger charge is -2.14. The van der Waals surface area contributed by atoms with Crippen molar-refractivity contribution in [3.8, 4) is 0 Å². The Kier molecular flexibility index (Phi) is 5.87. The van der Waals surface area contributed by atoms with Crippen molar-refractivity contribution in [1.29, 1.82) is 0 Å². The molecule has 0 saturated heterocycles. The smallest absolute Gasteiger partial charge is 0.0641 e. The highest BCUT2D eigenvalue weighted by molar-refractivity contribution is 6.43. The van der Waals surface area contributed by atoms with E-state index in [-0.39, 0.29) is 6.04 Å². The van der Waals surface area contributed by atoms with Crippen molar-refractivity contribution in [2.45, 2.75) is 25.3 Å². The number of unbranched alkanes of at least 4 members (excludes halogenated alkanes) is 1. The summed E-state index contributed by atoms with van der Waals surface area (Å²) in [6.45, 7) is 0.677. The molecule has 16 heavy (non-hydrogen) atoms. The van der Waals surface area contributed by atoms with Crippen LogP contribution in [0.1, 0.15) is 30.9 Å². The topological polar surface area (TPSA) is 52.0 Å². The third-order valence-corrected chi connectivity index (χ3v) is 3.42. The Morgan fingerprint density at radius 1 is 1.12 bits per heavy atom. The molecule has 2 nitrogen and oxygen atoms in total. The quantitative estimate of drug-likeness (QED) is 0.637. The second kappa shape index (κ2) is 6.67. The number of benzene rings is 1. The lowest BCUT2D eigenvalue weighted by atomic mass is 10.0. The molecule has 0 saturated carbocycles. The van der Waals surface area contributed by atoms with Gasteiger partial charge in [0.25, 0.3) is 0 Å². The van der Waals surface area contributed by atoms with Gasteiger partial charge in [-0.2, -0.15) is 0 Å². The molecule has 0 amide bonds. The molecule has 0 aliphatic heterocycles. The van der Waals surface area contributed by atoms with E-state index in [9.17, 15) is 0 Å². The lowest BCUT2D eigenvalue weighted by molar-refractivity contribution is 0.591. The molecular weight excluding hydrogens is 266 g/mol. The predicted octanol–water partition coefficient (Wildman–Crippen LogP) is 3.78. The van der Waals surface area contributed by atoms with E-state index in [0.29, 0.717) is 21.6 Å². The van der Waals surface area contributed by atoms with Crippen LogP contribution in [0.4, 0.5) is 0 Å². The van der Waals surface area contributed by atoms with Crippen LogP contribution in [0.15, 0.2) is 12.1 Å². The number of hydrogen-bond donors (Lipinski definition) is 2. The van der Waals surface area contributed by atoms with Crippen LogP contribution >= 0.6 is 34.8 Å². The molecular formula is C11H15Cl3N2. The van der Waals surface area contributed by atoms with Gasteiger partial charge >= 0.3 is 0 Å². The van der Waals surface area contributed by atoms with Gasteiger partial charge in [0.05, 0.1) is 10.0 Å². The maximum atomic E-state index is 6.08. The maximum Gasteiger partial charge on any atom is 0.0641 e. The average molecular weight is 282 g/mol. The van der Waals surface area contributed by atoms with E-state index in [1.165, 1.54) is 0 Å². The van der Waals surface area contributed by atoms with Crippen LogP contribution in [-0.4, -0.2) is 6.54 Å². The summed E-state index contributed by atoms with van der Waals surface area (Å²) in [6.07, 6.45) is 2.76. The summed E-state index contributed by atoms with van der Waals surface area (Å²) < 4.78 is 0. The van der Waals surface area contributed by atoms with Gasteiger partial charge in [0, 0.05) is 11.1 Å². The van der Waals surface area contributed by atoms with Crippen molar-refractivity contribution in [1.82, 2.24) is 0 Å². The van der Waals surface area contributed by atoms with Crippen molar-refractivity contribution in [2.24, 2.45) is 11.5 Å². The number of hydrogen-bond acceptors (Lipinski definition) is 2. The summed E-state index contributed by atoms with van der Waals surface area (Å²) in [5, 5.41) is 1.49. The maximum absolute atomic E-state index is 6.08. The normalized spacial score (nSPS) is 12.8. The van der Waals surface area contributed by atoms with Gasteiger partial charge < -0.3 is 11.5 Å². The molecule has 0 aliphatic rings. The summed E-state index contributed by atoms with van der Waals surface area (Å²) in [5.41, 5.74) is 12.3. The molecule has 1 rings (SSSR count). The second-order valence-corrected chi connectivity index (χ2v) is 4.90. The zero-order valence-corrected chi connectivity index (χ0v) is 11.1. The van der Waals surface area contributed by atoms with Crippen molar-refractivity contribution in [3.05, 3.63) is 32.8 Å². The first-order chi connectivity index (χ1) is 7.56. The second-order valence-electron chi connectivity index (χ2n) is 3.68. The van der Waals surface area contributed by atoms with Gasteiger partial charge in [0.1, 0.15) is 0 Å². The summed E-state index contributed by atoms with van der Waals surface area (Å²) in [4.78, 5) is 0. The molecule has 1 atom stereocenters. The van der Waals surface area contributed by atoms with Gasteiger partial charge in [-0.15, -0.1) is 0 Å². The van der Waals surface area contributed by atoms with Crippen molar-refractivity contribution in [3.63, 3.8) is 0 Å². The van der Waals surface area contributed by atoms with Gasteiger partial charge in [-0.05, 0) is 37.1 Å². The standard InChI is InChI=1S/C11H15Cl3N2/c12-7-5-8(11(14)9(13)6-7)10(16)3-1-2-4-15/h5-6,10H,1-4,15-16H2/t10-/m1/s1. The van der Waals surface area contributed by atoms with Gasteiger partial charge in [0.15, 0.2) is 0 Å². The minimum absolute atomic E-state index is 0.143. The minimum atomic E-state index is -0.143. The highest BCUT2D eigenvalue weighted by Crippen LogP contribution is 2.34. The van der Waals surface area contributed by atoms with Crippen molar-refractivity contribution >= 4 is 34.8 Å². The Morgan fingerprint density at radius 3 is 2.44 bits per heavy atom. The average Bonchev–Trinajstić information content (AvgIpc) is 2.23. The molecule has 0 bridgehead atoms. The van der Waals surface area contributed by atoms with Crippen LogP contribution in [0.25, 0.3) is 0 Å². The molecule has 0 radical (unpaired) electrons. The minimum Gasteiger partial charge on any atom is -0.330 e. The predicted molar refractivity (Wildman–Crippen MR) is 71.3 cm³/mol. The molecule has 4 N–H and O–H groups in total. The highest BCUT2D eigenvalue weighted by atomic mass is 35.5. The monoisotopic (exact) mass is 280 g/mol. The van der Waals surface area contributed by atoms with Crippen LogP contribution in [0.5, 0.6) is 0 Å². The molecule has 0 unspecified atom stereocenters. The highest BCUT2D eigenvalue weighted by Gasteiger charge is 2.13. The first-order valence-electron chi connectivity index (χ1n) is 5.16. The summed E-state index contributed by atoms with van der Waals surface area (Å²) in [6, 6.07) is 3.24. The fourth-order valence-electron chi connectivity index (χ4n) is 1.51. The van der Waals surface area contributed by atoms with E-state index >= 15 is 0 Å². The van der Waals surface area contributed by atoms with Crippen molar-refractivity contribution < 1.29 is 0 Å². The van der Waals surface area contributed by atoms with Crippen molar-refractivity contribution in [2.75, 3.05) is 6.54 Å². The molecule has 1 aromatic carbocycles. The van der Waals surface area contributed by atoms with Crippen LogP contribution in [0.2, 0.25) is 15.1 Å². The zero-order valence-electron chi connectivity index (χ0n) is 8.85. The van der Waals surface area contributed by atoms with Gasteiger partial charge in [0.2, 0.25) is 0 Å². The van der Waals surface area contributed by atoms with Crippen LogP contribution < -0.4 is 11.5 Å². The molecule has 0 aromatic heterocycles. The van der Waals surface area contributed by atoms with Gasteiger partial charge in [-0.25, -0.2) is 0 Å². The number of nitrogens with two attached hydrogens (primary N) is 2. The van der Waals surface area contributed by atoms with Crippen LogP contribution in [0, 0.1) is 0 Å². The van der Waals surface area contributed by atoms with Gasteiger partial charge in [-0.1, -0.05) is 41.2 Å². The fraction of sp³-hybridized carbons (Fsp3) is 0.455. The molecule has 0 heterocycles. The first kappa shape index (κ1) is 14.1. The SMILES string of the molecule is NCCCC[C@@H](N)c1cc(Cl)cc(Cl)c1Cl. The molecule has 0 aliphatic carbocycles. The lowest BCUT2D eigenvalue weighted by Crippen LogP contribution is -2.11. The van der Waals surface area contributed by atoms with E-state index in [0.717, 1.165) is 24.8 Å². The summed E-state index contributed by atoms with van der Waals surface area (Å²) in [7, 11) is 0. The molecule has 90 valence electrons. The first-order valence-corrected chi connectivity index (χ1v) is 6.29. The molecule has 5 heteroatoms. The fourth-order valence-corrected chi connectivity index (χ4v) is 2.27. The number of rotatable bonds is 5. The Balaban J connectivity index is 2.78. The van der Waals surface area contributed by atoms with E-state index in [4.69, 9.17) is 46.3 Å². The van der Waals surface area contributed by atoms with Crippen LogP contribution in [-0.2, 0) is 0 Å². The summed E-state index contributed by atoms with van der Waals surface area (Å²) >= 11 is 17.9. The van der Waals surface area contributed by atoms with Crippen LogP contribution in [0.3, 0.4) is 0 Å². The molecule has 0 fully saturated rings. The van der Waals surface area contributed by atoms with E-state index < -0.39 is 0 Å². The molecule has 0 spiro atoms. The Hall–Kier alpha value is 0.01000. The van der Waals surface area contributed by atoms with E-state index in [1.54, 1.807) is 12.1 Å². The zero-order chi connectivity index (χ0) is 12.1. The Morgan fingerprint density at radius 2 is 1.81 bits per heavy atom. The largest absolute Gasteiger partial charge is 0.330 e. The Bertz CT molecular complexity index is 355. The molecule has 1 aromatic rings. The van der Waals surface area contributed by atoms with E-state index in [1.807, 2.05) is 0 Å².